The number of carbonyl (C=O) groups is 1. The van der Waals surface area contributed by atoms with Crippen LogP contribution in [0.1, 0.15) is 29.1 Å². The largest absolute Gasteiger partial charge is 0.397 e. The third-order valence-electron chi connectivity index (χ3n) is 3.12. The first-order chi connectivity index (χ1) is 9.53. The molecule has 0 aliphatic heterocycles. The van der Waals surface area contributed by atoms with Crippen LogP contribution in [0.2, 0.25) is 0 Å². The van der Waals surface area contributed by atoms with E-state index in [-0.39, 0.29) is 17.3 Å². The summed E-state index contributed by atoms with van der Waals surface area (Å²) in [7, 11) is 0. The summed E-state index contributed by atoms with van der Waals surface area (Å²) in [6, 6.07) is 3.55. The summed E-state index contributed by atoms with van der Waals surface area (Å²) in [4.78, 5) is 19.2. The summed E-state index contributed by atoms with van der Waals surface area (Å²) in [6.45, 7) is 5.05. The van der Waals surface area contributed by atoms with Crippen LogP contribution in [0.5, 0.6) is 0 Å². The maximum atomic E-state index is 12.4. The molecule has 20 heavy (non-hydrogen) atoms. The van der Waals surface area contributed by atoms with E-state index in [1.54, 1.807) is 11.0 Å². The SMILES string of the molecule is CCN(CC)C(=O)c1sc2nc(N)c(C#N)cc2c1N. The number of nitrogens with zero attached hydrogens (tertiary/aromatic N) is 3. The molecule has 0 aliphatic carbocycles. The summed E-state index contributed by atoms with van der Waals surface area (Å²) in [5.74, 6) is 0.0377. The molecule has 0 spiro atoms. The Morgan fingerprint density at radius 2 is 2.10 bits per heavy atom. The number of thiophene rings is 1. The van der Waals surface area contributed by atoms with Gasteiger partial charge in [-0.25, -0.2) is 4.98 Å². The highest BCUT2D eigenvalue weighted by Crippen LogP contribution is 2.34. The molecule has 0 aliphatic rings. The molecule has 2 aromatic heterocycles. The second-order valence-electron chi connectivity index (χ2n) is 4.21. The van der Waals surface area contributed by atoms with Crippen LogP contribution in [0.15, 0.2) is 6.07 Å². The average molecular weight is 289 g/mol. The normalized spacial score (nSPS) is 10.4. The van der Waals surface area contributed by atoms with Crippen molar-refractivity contribution in [1.29, 1.82) is 5.26 Å². The minimum Gasteiger partial charge on any atom is -0.397 e. The topological polar surface area (TPSA) is 109 Å². The van der Waals surface area contributed by atoms with Gasteiger partial charge in [0.25, 0.3) is 5.91 Å². The summed E-state index contributed by atoms with van der Waals surface area (Å²) in [6.07, 6.45) is 0. The van der Waals surface area contributed by atoms with Gasteiger partial charge >= 0.3 is 0 Å². The molecule has 0 radical (unpaired) electrons. The van der Waals surface area contributed by atoms with Crippen LogP contribution in [0.4, 0.5) is 11.5 Å². The fraction of sp³-hybridized carbons (Fsp3) is 0.308. The van der Waals surface area contributed by atoms with Gasteiger partial charge in [0.15, 0.2) is 0 Å². The number of pyridine rings is 1. The lowest BCUT2D eigenvalue weighted by Crippen LogP contribution is -2.30. The van der Waals surface area contributed by atoms with E-state index in [9.17, 15) is 4.79 Å². The van der Waals surface area contributed by atoms with E-state index < -0.39 is 0 Å². The third-order valence-corrected chi connectivity index (χ3v) is 4.22. The molecule has 0 atom stereocenters. The van der Waals surface area contributed by atoms with Crippen molar-refractivity contribution in [3.05, 3.63) is 16.5 Å². The summed E-state index contributed by atoms with van der Waals surface area (Å²) >= 11 is 1.21. The fourth-order valence-electron chi connectivity index (χ4n) is 1.96. The molecule has 0 fully saturated rings. The van der Waals surface area contributed by atoms with E-state index in [0.29, 0.717) is 33.9 Å². The van der Waals surface area contributed by atoms with Gasteiger partial charge in [-0.15, -0.1) is 11.3 Å². The molecule has 2 aromatic rings. The fourth-order valence-corrected chi connectivity index (χ4v) is 3.01. The highest BCUT2D eigenvalue weighted by Gasteiger charge is 2.21. The number of anilines is 2. The van der Waals surface area contributed by atoms with Crippen LogP contribution < -0.4 is 11.5 Å². The van der Waals surface area contributed by atoms with Gasteiger partial charge in [-0.2, -0.15) is 5.26 Å². The zero-order valence-electron chi connectivity index (χ0n) is 11.3. The highest BCUT2D eigenvalue weighted by molar-refractivity contribution is 7.21. The first kappa shape index (κ1) is 14.1. The lowest BCUT2D eigenvalue weighted by atomic mass is 10.2. The molecule has 0 saturated carbocycles. The molecule has 0 unspecified atom stereocenters. The van der Waals surface area contributed by atoms with E-state index in [2.05, 4.69) is 4.98 Å². The van der Waals surface area contributed by atoms with E-state index >= 15 is 0 Å². The molecule has 7 heteroatoms. The summed E-state index contributed by atoms with van der Waals surface area (Å²) < 4.78 is 0. The Morgan fingerprint density at radius 1 is 1.45 bits per heavy atom. The van der Waals surface area contributed by atoms with E-state index in [1.165, 1.54) is 11.3 Å². The Bertz CT molecular complexity index is 712. The van der Waals surface area contributed by atoms with Gasteiger partial charge in [0.2, 0.25) is 0 Å². The van der Waals surface area contributed by atoms with Gasteiger partial charge in [-0.05, 0) is 19.9 Å². The van der Waals surface area contributed by atoms with Crippen molar-refractivity contribution in [2.24, 2.45) is 0 Å². The lowest BCUT2D eigenvalue weighted by Gasteiger charge is -2.17. The van der Waals surface area contributed by atoms with Crippen LogP contribution in [-0.2, 0) is 0 Å². The van der Waals surface area contributed by atoms with Crippen LogP contribution >= 0.6 is 11.3 Å². The number of hydrogen-bond donors (Lipinski definition) is 2. The molecule has 2 heterocycles. The van der Waals surface area contributed by atoms with Gasteiger partial charge in [0, 0.05) is 18.5 Å². The number of nitrogen functional groups attached to an aromatic ring is 2. The first-order valence-electron chi connectivity index (χ1n) is 6.21. The van der Waals surface area contributed by atoms with Crippen molar-refractivity contribution in [1.82, 2.24) is 9.88 Å². The van der Waals surface area contributed by atoms with E-state index in [1.807, 2.05) is 19.9 Å². The minimum atomic E-state index is -0.118. The molecule has 0 saturated heterocycles. The van der Waals surface area contributed by atoms with Crippen molar-refractivity contribution >= 4 is 39.0 Å². The molecule has 2 rings (SSSR count). The molecule has 0 bridgehead atoms. The lowest BCUT2D eigenvalue weighted by molar-refractivity contribution is 0.0779. The quantitative estimate of drug-likeness (QED) is 0.895. The number of hydrogen-bond acceptors (Lipinski definition) is 6. The Morgan fingerprint density at radius 3 is 2.65 bits per heavy atom. The number of aromatic nitrogens is 1. The van der Waals surface area contributed by atoms with E-state index in [4.69, 9.17) is 16.7 Å². The van der Waals surface area contributed by atoms with Crippen LogP contribution in [0, 0.1) is 11.3 Å². The first-order valence-corrected chi connectivity index (χ1v) is 7.02. The number of amides is 1. The molecule has 4 N–H and O–H groups in total. The maximum Gasteiger partial charge on any atom is 0.266 e. The van der Waals surface area contributed by atoms with Gasteiger partial charge in [-0.1, -0.05) is 0 Å². The van der Waals surface area contributed by atoms with Crippen molar-refractivity contribution in [3.63, 3.8) is 0 Å². The number of rotatable bonds is 3. The zero-order valence-corrected chi connectivity index (χ0v) is 12.1. The monoisotopic (exact) mass is 289 g/mol. The molecule has 104 valence electrons. The predicted molar refractivity (Wildman–Crippen MR) is 80.4 cm³/mol. The average Bonchev–Trinajstić information content (AvgIpc) is 2.75. The molecular formula is C13H15N5OS. The Hall–Kier alpha value is -2.33. The molecule has 1 amide bonds. The summed E-state index contributed by atoms with van der Waals surface area (Å²) in [5, 5.41) is 9.57. The standard InChI is InChI=1S/C13H15N5OS/c1-3-18(4-2)13(19)10-9(15)8-5-7(6-14)11(16)17-12(8)20-10/h5H,3-4,15H2,1-2H3,(H2,16,17). The number of nitriles is 1. The van der Waals surface area contributed by atoms with Gasteiger partial charge in [0.1, 0.15) is 21.6 Å². The molecular weight excluding hydrogens is 274 g/mol. The van der Waals surface area contributed by atoms with Gasteiger partial charge in [-0.3, -0.25) is 4.79 Å². The van der Waals surface area contributed by atoms with Gasteiger partial charge in [0.05, 0.1) is 11.3 Å². The smallest absolute Gasteiger partial charge is 0.266 e. The Balaban J connectivity index is 2.60. The van der Waals surface area contributed by atoms with Crippen LogP contribution in [0.25, 0.3) is 10.2 Å². The highest BCUT2D eigenvalue weighted by atomic mass is 32.1. The van der Waals surface area contributed by atoms with Crippen molar-refractivity contribution in [2.45, 2.75) is 13.8 Å². The maximum absolute atomic E-state index is 12.4. The van der Waals surface area contributed by atoms with Crippen LogP contribution in [-0.4, -0.2) is 28.9 Å². The number of nitrogens with two attached hydrogens (primary N) is 2. The number of fused-ring (bicyclic) bond motifs is 1. The minimum absolute atomic E-state index is 0.118. The summed E-state index contributed by atoms with van der Waals surface area (Å²) in [5.41, 5.74) is 12.3. The van der Waals surface area contributed by atoms with Crippen LogP contribution in [0.3, 0.4) is 0 Å². The van der Waals surface area contributed by atoms with E-state index in [0.717, 1.165) is 0 Å². The molecule has 6 nitrogen and oxygen atoms in total. The second kappa shape index (κ2) is 5.35. The second-order valence-corrected chi connectivity index (χ2v) is 5.21. The molecule has 0 aromatic carbocycles. The Kier molecular flexibility index (Phi) is 3.77. The zero-order chi connectivity index (χ0) is 14.9. The predicted octanol–water partition coefficient (Wildman–Crippen LogP) is 1.81. The van der Waals surface area contributed by atoms with Gasteiger partial charge < -0.3 is 16.4 Å². The van der Waals surface area contributed by atoms with Crippen molar-refractivity contribution in [2.75, 3.05) is 24.6 Å². The Labute approximate surface area is 120 Å². The van der Waals surface area contributed by atoms with Crippen molar-refractivity contribution in [3.8, 4) is 6.07 Å². The number of carbonyl (C=O) groups excluding carboxylic acids is 1. The van der Waals surface area contributed by atoms with Crippen molar-refractivity contribution < 1.29 is 4.79 Å². The third kappa shape index (κ3) is 2.14.